The third kappa shape index (κ3) is 2.13. The number of hydrogen-bond donors (Lipinski definition) is 1. The molecule has 4 heteroatoms. The monoisotopic (exact) mass is 261 g/mol. The van der Waals surface area contributed by atoms with Gasteiger partial charge in [0.2, 0.25) is 0 Å². The third-order valence-electron chi connectivity index (χ3n) is 3.25. The fourth-order valence-corrected chi connectivity index (χ4v) is 3.40. The van der Waals surface area contributed by atoms with Gasteiger partial charge in [-0.25, -0.2) is 4.98 Å². The van der Waals surface area contributed by atoms with Crippen LogP contribution in [-0.2, 0) is 12.8 Å². The Kier molecular flexibility index (Phi) is 3.06. The molecule has 1 N–H and O–H groups in total. The molecule has 18 heavy (non-hydrogen) atoms. The molecule has 1 atom stereocenters. The molecule has 1 aromatic heterocycles. The molecule has 94 valence electrons. The van der Waals surface area contributed by atoms with E-state index in [-0.39, 0.29) is 6.10 Å². The van der Waals surface area contributed by atoms with Crippen molar-refractivity contribution in [3.8, 4) is 16.3 Å². The van der Waals surface area contributed by atoms with Gasteiger partial charge < -0.3 is 9.84 Å². The molecule has 0 spiro atoms. The lowest BCUT2D eigenvalue weighted by atomic mass is 10.0. The van der Waals surface area contributed by atoms with E-state index in [9.17, 15) is 5.11 Å². The Morgan fingerprint density at radius 2 is 2.11 bits per heavy atom. The van der Waals surface area contributed by atoms with Crippen molar-refractivity contribution in [2.75, 3.05) is 7.11 Å². The molecule has 0 saturated carbocycles. The Morgan fingerprint density at radius 1 is 1.33 bits per heavy atom. The average molecular weight is 261 g/mol. The van der Waals surface area contributed by atoms with Crippen LogP contribution in [0.2, 0.25) is 0 Å². The second kappa shape index (κ2) is 4.71. The van der Waals surface area contributed by atoms with Crippen LogP contribution in [0.15, 0.2) is 24.3 Å². The lowest BCUT2D eigenvalue weighted by Crippen LogP contribution is -2.17. The zero-order chi connectivity index (χ0) is 12.5. The van der Waals surface area contributed by atoms with Gasteiger partial charge >= 0.3 is 0 Å². The quantitative estimate of drug-likeness (QED) is 0.903. The molecule has 0 fully saturated rings. The third-order valence-corrected chi connectivity index (χ3v) is 4.42. The summed E-state index contributed by atoms with van der Waals surface area (Å²) in [6.07, 6.45) is 2.28. The summed E-state index contributed by atoms with van der Waals surface area (Å²) in [6.45, 7) is 0. The van der Waals surface area contributed by atoms with Gasteiger partial charge in [-0.2, -0.15) is 0 Å². The standard InChI is InChI=1S/C14H15NO2S/c1-17-11-5-2-9(3-6-11)14-15-12-7-4-10(16)8-13(12)18-14/h2-3,5-6,10,16H,4,7-8H2,1H3. The van der Waals surface area contributed by atoms with Crippen molar-refractivity contribution in [3.63, 3.8) is 0 Å². The van der Waals surface area contributed by atoms with Crippen molar-refractivity contribution in [2.24, 2.45) is 0 Å². The molecule has 1 aliphatic rings. The molecule has 0 bridgehead atoms. The molecule has 0 aliphatic heterocycles. The molecule has 0 radical (unpaired) electrons. The van der Waals surface area contributed by atoms with Crippen LogP contribution in [0.25, 0.3) is 10.6 Å². The molecule has 2 aromatic rings. The molecule has 0 saturated heterocycles. The molecule has 1 unspecified atom stereocenters. The highest BCUT2D eigenvalue weighted by atomic mass is 32.1. The number of rotatable bonds is 2. The first kappa shape index (κ1) is 11.7. The Morgan fingerprint density at radius 3 is 2.83 bits per heavy atom. The van der Waals surface area contributed by atoms with E-state index in [1.807, 2.05) is 24.3 Å². The SMILES string of the molecule is COc1ccc(-c2nc3c(s2)CC(O)CC3)cc1. The Bertz CT molecular complexity index is 547. The summed E-state index contributed by atoms with van der Waals surface area (Å²) in [5.41, 5.74) is 2.28. The normalized spacial score (nSPS) is 18.4. The van der Waals surface area contributed by atoms with E-state index in [1.54, 1.807) is 18.4 Å². The number of aromatic nitrogens is 1. The maximum absolute atomic E-state index is 9.67. The van der Waals surface area contributed by atoms with E-state index in [0.29, 0.717) is 0 Å². The minimum absolute atomic E-state index is 0.193. The van der Waals surface area contributed by atoms with Crippen LogP contribution >= 0.6 is 11.3 Å². The molecule has 3 rings (SSSR count). The van der Waals surface area contributed by atoms with Crippen LogP contribution in [0.4, 0.5) is 0 Å². The molecule has 1 heterocycles. The summed E-state index contributed by atoms with van der Waals surface area (Å²) >= 11 is 1.69. The van der Waals surface area contributed by atoms with Gasteiger partial charge in [-0.3, -0.25) is 0 Å². The number of benzene rings is 1. The van der Waals surface area contributed by atoms with Gasteiger partial charge in [0.15, 0.2) is 0 Å². The van der Waals surface area contributed by atoms with Crippen LogP contribution < -0.4 is 4.74 Å². The zero-order valence-electron chi connectivity index (χ0n) is 10.2. The molecule has 1 aliphatic carbocycles. The van der Waals surface area contributed by atoms with Crippen molar-refractivity contribution < 1.29 is 9.84 Å². The van der Waals surface area contributed by atoms with Gasteiger partial charge in [0.1, 0.15) is 10.8 Å². The van der Waals surface area contributed by atoms with Crippen LogP contribution in [-0.4, -0.2) is 23.3 Å². The van der Waals surface area contributed by atoms with Gasteiger partial charge in [-0.05, 0) is 37.1 Å². The number of hydrogen-bond acceptors (Lipinski definition) is 4. The summed E-state index contributed by atoms with van der Waals surface area (Å²) in [6, 6.07) is 7.95. The van der Waals surface area contributed by atoms with Crippen LogP contribution in [0.1, 0.15) is 17.0 Å². The number of nitrogens with zero attached hydrogens (tertiary/aromatic N) is 1. The lowest BCUT2D eigenvalue weighted by Gasteiger charge is -2.14. The van der Waals surface area contributed by atoms with Gasteiger partial charge in [0.05, 0.1) is 18.9 Å². The first-order valence-corrected chi connectivity index (χ1v) is 6.89. The smallest absolute Gasteiger partial charge is 0.123 e. The average Bonchev–Trinajstić information content (AvgIpc) is 2.81. The first-order chi connectivity index (χ1) is 8.76. The minimum Gasteiger partial charge on any atom is -0.497 e. The number of aliphatic hydroxyl groups excluding tert-OH is 1. The first-order valence-electron chi connectivity index (χ1n) is 6.07. The largest absolute Gasteiger partial charge is 0.497 e. The summed E-state index contributed by atoms with van der Waals surface area (Å²) in [7, 11) is 1.67. The van der Waals surface area contributed by atoms with Crippen molar-refractivity contribution in [1.29, 1.82) is 0 Å². The summed E-state index contributed by atoms with van der Waals surface area (Å²) < 4.78 is 5.15. The van der Waals surface area contributed by atoms with E-state index < -0.39 is 0 Å². The fraction of sp³-hybridized carbons (Fsp3) is 0.357. The highest BCUT2D eigenvalue weighted by Crippen LogP contribution is 2.33. The van der Waals surface area contributed by atoms with Gasteiger partial charge in [-0.1, -0.05) is 0 Å². The van der Waals surface area contributed by atoms with Gasteiger partial charge in [0, 0.05) is 16.9 Å². The van der Waals surface area contributed by atoms with E-state index >= 15 is 0 Å². The number of ether oxygens (including phenoxy) is 1. The van der Waals surface area contributed by atoms with Crippen LogP contribution in [0, 0.1) is 0 Å². The Hall–Kier alpha value is -1.39. The molecular formula is C14H15NO2S. The zero-order valence-corrected chi connectivity index (χ0v) is 11.0. The molecular weight excluding hydrogens is 246 g/mol. The van der Waals surface area contributed by atoms with Gasteiger partial charge in [0.25, 0.3) is 0 Å². The minimum atomic E-state index is -0.193. The maximum atomic E-state index is 9.67. The van der Waals surface area contributed by atoms with Crippen molar-refractivity contribution in [3.05, 3.63) is 34.8 Å². The van der Waals surface area contributed by atoms with Gasteiger partial charge in [-0.15, -0.1) is 11.3 Å². The van der Waals surface area contributed by atoms with E-state index in [0.717, 1.165) is 41.3 Å². The molecule has 1 aromatic carbocycles. The highest BCUT2D eigenvalue weighted by Gasteiger charge is 2.21. The van der Waals surface area contributed by atoms with E-state index in [1.165, 1.54) is 4.88 Å². The predicted molar refractivity (Wildman–Crippen MR) is 72.1 cm³/mol. The second-order valence-corrected chi connectivity index (χ2v) is 5.60. The topological polar surface area (TPSA) is 42.4 Å². The fourth-order valence-electron chi connectivity index (χ4n) is 2.21. The number of fused-ring (bicyclic) bond motifs is 1. The number of aryl methyl sites for hydroxylation is 1. The lowest BCUT2D eigenvalue weighted by molar-refractivity contribution is 0.159. The highest BCUT2D eigenvalue weighted by molar-refractivity contribution is 7.15. The molecule has 0 amide bonds. The van der Waals surface area contributed by atoms with Crippen molar-refractivity contribution in [1.82, 2.24) is 4.98 Å². The van der Waals surface area contributed by atoms with Crippen molar-refractivity contribution in [2.45, 2.75) is 25.4 Å². The predicted octanol–water partition coefficient (Wildman–Crippen LogP) is 2.67. The number of methoxy groups -OCH3 is 1. The summed E-state index contributed by atoms with van der Waals surface area (Å²) in [5.74, 6) is 0.857. The summed E-state index contributed by atoms with van der Waals surface area (Å²) in [5, 5.41) is 10.7. The van der Waals surface area contributed by atoms with Crippen LogP contribution in [0.3, 0.4) is 0 Å². The van der Waals surface area contributed by atoms with E-state index in [2.05, 4.69) is 4.98 Å². The summed E-state index contributed by atoms with van der Waals surface area (Å²) in [4.78, 5) is 5.91. The van der Waals surface area contributed by atoms with Crippen LogP contribution in [0.5, 0.6) is 5.75 Å². The van der Waals surface area contributed by atoms with Crippen molar-refractivity contribution >= 4 is 11.3 Å². The maximum Gasteiger partial charge on any atom is 0.123 e. The Balaban J connectivity index is 1.92. The molecule has 3 nitrogen and oxygen atoms in total. The Labute approximate surface area is 110 Å². The number of aliphatic hydroxyl groups is 1. The van der Waals surface area contributed by atoms with E-state index in [4.69, 9.17) is 4.74 Å². The second-order valence-electron chi connectivity index (χ2n) is 4.51. The number of thiazole rings is 1.